The lowest BCUT2D eigenvalue weighted by atomic mass is 10.3. The number of aromatic nitrogens is 2. The molecule has 0 bridgehead atoms. The van der Waals surface area contributed by atoms with Gasteiger partial charge in [0.05, 0.1) is 6.26 Å². The molecule has 3 aromatic rings. The number of anilines is 4. The summed E-state index contributed by atoms with van der Waals surface area (Å²) in [5.74, 6) is 0.557. The highest BCUT2D eigenvalue weighted by atomic mass is 16.3. The van der Waals surface area contributed by atoms with E-state index in [1.54, 1.807) is 12.1 Å². The van der Waals surface area contributed by atoms with Crippen molar-refractivity contribution in [3.8, 4) is 0 Å². The summed E-state index contributed by atoms with van der Waals surface area (Å²) in [5.41, 5.74) is 12.5. The van der Waals surface area contributed by atoms with Gasteiger partial charge >= 0.3 is 5.91 Å². The molecule has 0 aliphatic rings. The Morgan fingerprint density at radius 1 is 1.17 bits per heavy atom. The maximum Gasteiger partial charge on any atom is 0.305 e. The van der Waals surface area contributed by atoms with Gasteiger partial charge in [0.25, 0.3) is 0 Å². The lowest BCUT2D eigenvalue weighted by Gasteiger charge is -2.21. The van der Waals surface area contributed by atoms with Gasteiger partial charge in [0, 0.05) is 12.7 Å². The normalized spacial score (nSPS) is 10.2. The molecule has 0 unspecified atom stereocenters. The molecule has 122 valence electrons. The predicted molar refractivity (Wildman–Crippen MR) is 90.7 cm³/mol. The maximum absolute atomic E-state index is 11.9. The van der Waals surface area contributed by atoms with Crippen molar-refractivity contribution in [1.29, 1.82) is 0 Å². The first-order valence-electron chi connectivity index (χ1n) is 7.16. The molecule has 8 nitrogen and oxygen atoms in total. The van der Waals surface area contributed by atoms with Crippen LogP contribution >= 0.6 is 0 Å². The van der Waals surface area contributed by atoms with Crippen molar-refractivity contribution < 1.29 is 9.21 Å². The van der Waals surface area contributed by atoms with E-state index in [1.807, 2.05) is 42.3 Å². The fraction of sp³-hybridized carbons (Fsp3) is 0.0625. The lowest BCUT2D eigenvalue weighted by Crippen LogP contribution is -2.30. The van der Waals surface area contributed by atoms with Crippen molar-refractivity contribution in [3.63, 3.8) is 0 Å². The van der Waals surface area contributed by atoms with Gasteiger partial charge < -0.3 is 15.1 Å². The number of benzene rings is 1. The number of hydrogen-bond acceptors (Lipinski definition) is 7. The highest BCUT2D eigenvalue weighted by Gasteiger charge is 2.14. The van der Waals surface area contributed by atoms with Crippen molar-refractivity contribution in [2.75, 3.05) is 23.1 Å². The number of hydrazine groups is 1. The zero-order valence-electron chi connectivity index (χ0n) is 12.9. The van der Waals surface area contributed by atoms with Crippen LogP contribution in [0.1, 0.15) is 10.6 Å². The Labute approximate surface area is 138 Å². The van der Waals surface area contributed by atoms with Crippen molar-refractivity contribution in [3.05, 3.63) is 60.8 Å². The number of hydrogen-bond donors (Lipinski definition) is 3. The second kappa shape index (κ2) is 6.69. The number of furan rings is 1. The van der Waals surface area contributed by atoms with Crippen LogP contribution in [0.5, 0.6) is 0 Å². The average Bonchev–Trinajstić information content (AvgIpc) is 3.15. The molecule has 0 aliphatic heterocycles. The van der Waals surface area contributed by atoms with Crippen molar-refractivity contribution in [1.82, 2.24) is 15.4 Å². The topological polar surface area (TPSA) is 109 Å². The van der Waals surface area contributed by atoms with E-state index in [2.05, 4.69) is 20.8 Å². The fourth-order valence-corrected chi connectivity index (χ4v) is 2.11. The number of amides is 1. The third-order valence-corrected chi connectivity index (χ3v) is 3.36. The van der Waals surface area contributed by atoms with Gasteiger partial charge in [-0.15, -0.1) is 0 Å². The van der Waals surface area contributed by atoms with E-state index in [1.165, 1.54) is 12.6 Å². The molecular formula is C16H16N6O2. The van der Waals surface area contributed by atoms with Gasteiger partial charge in [-0.05, 0) is 24.3 Å². The molecule has 1 aromatic carbocycles. The third-order valence-electron chi connectivity index (χ3n) is 3.36. The van der Waals surface area contributed by atoms with Gasteiger partial charge in [-0.1, -0.05) is 18.2 Å². The number of nitrogen functional groups attached to an aromatic ring is 1. The number of carbonyl (C=O) groups is 1. The monoisotopic (exact) mass is 324 g/mol. The van der Waals surface area contributed by atoms with Crippen molar-refractivity contribution >= 4 is 28.9 Å². The van der Waals surface area contributed by atoms with Gasteiger partial charge in [0.1, 0.15) is 12.0 Å². The lowest BCUT2D eigenvalue weighted by molar-refractivity contribution is 0.0935. The van der Waals surface area contributed by atoms with E-state index in [4.69, 9.17) is 10.2 Å². The molecule has 0 saturated heterocycles. The van der Waals surface area contributed by atoms with E-state index in [-0.39, 0.29) is 5.76 Å². The second-order valence-corrected chi connectivity index (χ2v) is 4.91. The summed E-state index contributed by atoms with van der Waals surface area (Å²) < 4.78 is 5.01. The molecule has 0 radical (unpaired) electrons. The number of nitrogens with two attached hydrogens (primary N) is 1. The molecule has 8 heteroatoms. The molecule has 0 atom stereocenters. The Bertz CT molecular complexity index is 820. The summed E-state index contributed by atoms with van der Waals surface area (Å²) in [4.78, 5) is 22.0. The molecule has 24 heavy (non-hydrogen) atoms. The largest absolute Gasteiger partial charge is 0.459 e. The molecule has 0 saturated carbocycles. The van der Waals surface area contributed by atoms with E-state index >= 15 is 0 Å². The molecule has 2 heterocycles. The summed E-state index contributed by atoms with van der Waals surface area (Å²) in [6.45, 7) is 0. The van der Waals surface area contributed by atoms with Crippen LogP contribution in [0.25, 0.3) is 0 Å². The Balaban J connectivity index is 1.77. The predicted octanol–water partition coefficient (Wildman–Crippen LogP) is 2.18. The highest BCUT2D eigenvalue weighted by Crippen LogP contribution is 2.29. The van der Waals surface area contributed by atoms with E-state index in [0.29, 0.717) is 17.3 Å². The SMILES string of the molecule is CN(c1ccccc1)c1ncnc(NNC(=O)c2ccco2)c1N. The zero-order valence-corrected chi connectivity index (χ0v) is 12.9. The Hall–Kier alpha value is -3.55. The molecule has 0 fully saturated rings. The van der Waals surface area contributed by atoms with Crippen LogP contribution < -0.4 is 21.5 Å². The van der Waals surface area contributed by atoms with Gasteiger partial charge in [-0.25, -0.2) is 9.97 Å². The smallest absolute Gasteiger partial charge is 0.305 e. The number of carbonyl (C=O) groups excluding carboxylic acids is 1. The van der Waals surface area contributed by atoms with Crippen molar-refractivity contribution in [2.45, 2.75) is 0 Å². The van der Waals surface area contributed by atoms with Crippen LogP contribution in [-0.2, 0) is 0 Å². The number of nitrogens with one attached hydrogen (secondary N) is 2. The minimum absolute atomic E-state index is 0.178. The number of rotatable bonds is 5. The molecule has 0 aliphatic carbocycles. The Morgan fingerprint density at radius 3 is 2.67 bits per heavy atom. The summed E-state index contributed by atoms with van der Waals surface area (Å²) in [6.07, 6.45) is 2.79. The van der Waals surface area contributed by atoms with E-state index in [9.17, 15) is 4.79 Å². The summed E-state index contributed by atoms with van der Waals surface area (Å²) >= 11 is 0. The summed E-state index contributed by atoms with van der Waals surface area (Å²) in [6, 6.07) is 12.8. The Kier molecular flexibility index (Phi) is 4.28. The summed E-state index contributed by atoms with van der Waals surface area (Å²) in [5, 5.41) is 0. The van der Waals surface area contributed by atoms with Crippen LogP contribution in [0.15, 0.2) is 59.5 Å². The molecular weight excluding hydrogens is 308 g/mol. The first kappa shape index (κ1) is 15.3. The average molecular weight is 324 g/mol. The number of nitrogens with zero attached hydrogens (tertiary/aromatic N) is 3. The second-order valence-electron chi connectivity index (χ2n) is 4.91. The van der Waals surface area contributed by atoms with Gasteiger partial charge in [-0.2, -0.15) is 0 Å². The molecule has 1 amide bonds. The van der Waals surface area contributed by atoms with Crippen LogP contribution in [0, 0.1) is 0 Å². The fourth-order valence-electron chi connectivity index (χ4n) is 2.11. The van der Waals surface area contributed by atoms with Crippen molar-refractivity contribution in [2.24, 2.45) is 0 Å². The molecule has 2 aromatic heterocycles. The van der Waals surface area contributed by atoms with Crippen LogP contribution in [0.2, 0.25) is 0 Å². The van der Waals surface area contributed by atoms with Crippen LogP contribution in [0.3, 0.4) is 0 Å². The zero-order chi connectivity index (χ0) is 16.9. The van der Waals surface area contributed by atoms with E-state index < -0.39 is 5.91 Å². The maximum atomic E-state index is 11.9. The molecule has 3 rings (SSSR count). The minimum Gasteiger partial charge on any atom is -0.459 e. The summed E-state index contributed by atoms with van der Waals surface area (Å²) in [7, 11) is 1.85. The number of para-hydroxylation sites is 1. The first-order chi connectivity index (χ1) is 11.7. The van der Waals surface area contributed by atoms with E-state index in [0.717, 1.165) is 5.69 Å². The standard InChI is InChI=1S/C16H16N6O2/c1-22(11-6-3-2-4-7-11)15-13(17)14(18-10-19-15)20-21-16(23)12-8-5-9-24-12/h2-10H,17H2,1H3,(H,21,23)(H,18,19,20). The molecule has 0 spiro atoms. The Morgan fingerprint density at radius 2 is 1.96 bits per heavy atom. The highest BCUT2D eigenvalue weighted by molar-refractivity contribution is 5.92. The quantitative estimate of drug-likeness (QED) is 0.617. The van der Waals surface area contributed by atoms with Gasteiger partial charge in [0.2, 0.25) is 0 Å². The first-order valence-corrected chi connectivity index (χ1v) is 7.16. The van der Waals surface area contributed by atoms with Crippen LogP contribution in [0.4, 0.5) is 23.0 Å². The third kappa shape index (κ3) is 3.12. The minimum atomic E-state index is -0.434. The van der Waals surface area contributed by atoms with Gasteiger partial charge in [0.15, 0.2) is 17.4 Å². The van der Waals surface area contributed by atoms with Crippen LogP contribution in [-0.4, -0.2) is 22.9 Å². The molecule has 4 N–H and O–H groups in total. The van der Waals surface area contributed by atoms with Gasteiger partial charge in [-0.3, -0.25) is 15.6 Å².